The van der Waals surface area contributed by atoms with Crippen molar-refractivity contribution in [3.8, 4) is 5.75 Å². The molecule has 0 unspecified atom stereocenters. The number of amides is 1. The fraction of sp³-hybridized carbons (Fsp3) is 0.562. The number of carbonyl (C=O) groups is 1. The second kappa shape index (κ2) is 6.27. The quantitative estimate of drug-likeness (QED) is 0.914. The van der Waals surface area contributed by atoms with Crippen molar-refractivity contribution in [3.05, 3.63) is 29.8 Å². The molecule has 3 rings (SSSR count). The third-order valence-electron chi connectivity index (χ3n) is 4.14. The summed E-state index contributed by atoms with van der Waals surface area (Å²) in [7, 11) is 0. The molecule has 0 aliphatic carbocycles. The van der Waals surface area contributed by atoms with Gasteiger partial charge in [0.25, 0.3) is 0 Å². The zero-order valence-electron chi connectivity index (χ0n) is 11.8. The molecule has 1 fully saturated rings. The molecule has 2 heterocycles. The van der Waals surface area contributed by atoms with E-state index in [4.69, 9.17) is 4.74 Å². The molecule has 1 aromatic carbocycles. The largest absolute Gasteiger partial charge is 0.491 e. The van der Waals surface area contributed by atoms with Crippen molar-refractivity contribution in [2.24, 2.45) is 0 Å². The van der Waals surface area contributed by atoms with Crippen molar-refractivity contribution >= 4 is 5.91 Å². The van der Waals surface area contributed by atoms with E-state index in [1.807, 2.05) is 24.3 Å². The zero-order chi connectivity index (χ0) is 13.8. The van der Waals surface area contributed by atoms with Crippen LogP contribution in [-0.4, -0.2) is 37.0 Å². The Morgan fingerprint density at radius 2 is 2.05 bits per heavy atom. The lowest BCUT2D eigenvalue weighted by atomic mass is 10.1. The van der Waals surface area contributed by atoms with Gasteiger partial charge in [0.2, 0.25) is 5.91 Å². The van der Waals surface area contributed by atoms with Crippen LogP contribution in [0.4, 0.5) is 0 Å². The molecule has 1 N–H and O–H groups in total. The number of ether oxygens (including phenoxy) is 1. The Morgan fingerprint density at radius 3 is 2.90 bits per heavy atom. The van der Waals surface area contributed by atoms with Crippen LogP contribution in [0.1, 0.15) is 37.3 Å². The van der Waals surface area contributed by atoms with E-state index in [0.29, 0.717) is 13.0 Å². The summed E-state index contributed by atoms with van der Waals surface area (Å²) < 4.78 is 5.58. The van der Waals surface area contributed by atoms with E-state index in [1.165, 1.54) is 19.3 Å². The molecule has 1 atom stereocenters. The molecular weight excluding hydrogens is 252 g/mol. The van der Waals surface area contributed by atoms with Crippen LogP contribution in [-0.2, 0) is 4.79 Å². The molecule has 2 aliphatic rings. The molecule has 0 radical (unpaired) electrons. The van der Waals surface area contributed by atoms with Gasteiger partial charge in [0.05, 0.1) is 6.04 Å². The standard InChI is InChI=1S/C16H22N2O2/c19-16(8-11-18-9-4-1-5-10-18)17-14-12-20-15-7-3-2-6-13(14)15/h2-3,6-7,14H,1,4-5,8-12H2,(H,17,19)/t14-/m1/s1. The summed E-state index contributed by atoms with van der Waals surface area (Å²) in [5.74, 6) is 1.02. The number of rotatable bonds is 4. The number of para-hydroxylation sites is 1. The topological polar surface area (TPSA) is 41.6 Å². The molecule has 0 saturated carbocycles. The van der Waals surface area contributed by atoms with Crippen molar-refractivity contribution < 1.29 is 9.53 Å². The highest BCUT2D eigenvalue weighted by atomic mass is 16.5. The zero-order valence-corrected chi connectivity index (χ0v) is 11.8. The number of benzene rings is 1. The number of piperidine rings is 1. The average Bonchev–Trinajstić information content (AvgIpc) is 2.90. The van der Waals surface area contributed by atoms with Crippen LogP contribution < -0.4 is 10.1 Å². The first-order valence-corrected chi connectivity index (χ1v) is 7.56. The molecule has 4 nitrogen and oxygen atoms in total. The third-order valence-corrected chi connectivity index (χ3v) is 4.14. The first kappa shape index (κ1) is 13.4. The minimum atomic E-state index is 0.0139. The van der Waals surface area contributed by atoms with Gasteiger partial charge in [-0.25, -0.2) is 0 Å². The maximum atomic E-state index is 12.1. The van der Waals surface area contributed by atoms with Crippen LogP contribution in [0.5, 0.6) is 5.75 Å². The summed E-state index contributed by atoms with van der Waals surface area (Å²) in [5.41, 5.74) is 1.10. The number of nitrogens with zero attached hydrogens (tertiary/aromatic N) is 1. The molecular formula is C16H22N2O2. The number of carbonyl (C=O) groups excluding carboxylic acids is 1. The Morgan fingerprint density at radius 1 is 1.25 bits per heavy atom. The van der Waals surface area contributed by atoms with Gasteiger partial charge in [-0.05, 0) is 32.0 Å². The Kier molecular flexibility index (Phi) is 4.21. The fourth-order valence-electron chi connectivity index (χ4n) is 2.99. The third kappa shape index (κ3) is 3.12. The van der Waals surface area contributed by atoms with Crippen LogP contribution in [0.2, 0.25) is 0 Å². The van der Waals surface area contributed by atoms with Gasteiger partial charge in [-0.1, -0.05) is 24.6 Å². The SMILES string of the molecule is O=C(CCN1CCCCC1)N[C@@H]1COc2ccccc21. The van der Waals surface area contributed by atoms with E-state index in [9.17, 15) is 4.79 Å². The molecule has 2 aliphatic heterocycles. The molecule has 20 heavy (non-hydrogen) atoms. The second-order valence-electron chi connectivity index (χ2n) is 5.62. The highest BCUT2D eigenvalue weighted by molar-refractivity contribution is 5.77. The van der Waals surface area contributed by atoms with E-state index in [1.54, 1.807) is 0 Å². The Bertz CT molecular complexity index is 469. The highest BCUT2D eigenvalue weighted by Gasteiger charge is 2.25. The number of hydrogen-bond acceptors (Lipinski definition) is 3. The molecule has 4 heteroatoms. The normalized spacial score (nSPS) is 22.1. The van der Waals surface area contributed by atoms with Crippen molar-refractivity contribution in [2.45, 2.75) is 31.7 Å². The van der Waals surface area contributed by atoms with Crippen molar-refractivity contribution in [3.63, 3.8) is 0 Å². The minimum absolute atomic E-state index is 0.0139. The lowest BCUT2D eigenvalue weighted by Crippen LogP contribution is -2.35. The second-order valence-corrected chi connectivity index (χ2v) is 5.62. The number of hydrogen-bond donors (Lipinski definition) is 1. The number of likely N-dealkylation sites (tertiary alicyclic amines) is 1. The molecule has 0 spiro atoms. The van der Waals surface area contributed by atoms with Gasteiger partial charge in [-0.15, -0.1) is 0 Å². The highest BCUT2D eigenvalue weighted by Crippen LogP contribution is 2.31. The number of nitrogens with one attached hydrogen (secondary N) is 1. The molecule has 0 aromatic heterocycles. The average molecular weight is 274 g/mol. The van der Waals surface area contributed by atoms with Gasteiger partial charge in [0.1, 0.15) is 12.4 Å². The smallest absolute Gasteiger partial charge is 0.221 e. The van der Waals surface area contributed by atoms with Crippen molar-refractivity contribution in [2.75, 3.05) is 26.2 Å². The van der Waals surface area contributed by atoms with Gasteiger partial charge in [-0.2, -0.15) is 0 Å². The first-order chi connectivity index (χ1) is 9.83. The Hall–Kier alpha value is -1.55. The molecule has 1 amide bonds. The predicted molar refractivity (Wildman–Crippen MR) is 77.7 cm³/mol. The molecule has 108 valence electrons. The van der Waals surface area contributed by atoms with E-state index < -0.39 is 0 Å². The van der Waals surface area contributed by atoms with Crippen molar-refractivity contribution in [1.29, 1.82) is 0 Å². The minimum Gasteiger partial charge on any atom is -0.491 e. The Labute approximate surface area is 120 Å². The maximum Gasteiger partial charge on any atom is 0.221 e. The predicted octanol–water partition coefficient (Wildman–Crippen LogP) is 2.11. The van der Waals surface area contributed by atoms with Gasteiger partial charge >= 0.3 is 0 Å². The summed E-state index contributed by atoms with van der Waals surface area (Å²) in [4.78, 5) is 14.4. The van der Waals surface area contributed by atoms with Gasteiger partial charge in [-0.3, -0.25) is 4.79 Å². The van der Waals surface area contributed by atoms with Crippen LogP contribution >= 0.6 is 0 Å². The fourth-order valence-corrected chi connectivity index (χ4v) is 2.99. The van der Waals surface area contributed by atoms with E-state index in [-0.39, 0.29) is 11.9 Å². The molecule has 1 saturated heterocycles. The molecule has 1 aromatic rings. The summed E-state index contributed by atoms with van der Waals surface area (Å²) in [6.07, 6.45) is 4.45. The van der Waals surface area contributed by atoms with E-state index in [2.05, 4.69) is 10.2 Å². The first-order valence-electron chi connectivity index (χ1n) is 7.56. The van der Waals surface area contributed by atoms with E-state index >= 15 is 0 Å². The lowest BCUT2D eigenvalue weighted by Gasteiger charge is -2.26. The molecule has 0 bridgehead atoms. The van der Waals surface area contributed by atoms with Gasteiger partial charge in [0, 0.05) is 18.5 Å². The Balaban J connectivity index is 1.47. The van der Waals surface area contributed by atoms with Crippen LogP contribution in [0.15, 0.2) is 24.3 Å². The van der Waals surface area contributed by atoms with Gasteiger partial charge in [0.15, 0.2) is 0 Å². The summed E-state index contributed by atoms with van der Waals surface area (Å²) in [6, 6.07) is 7.94. The summed E-state index contributed by atoms with van der Waals surface area (Å²) in [6.45, 7) is 3.71. The number of fused-ring (bicyclic) bond motifs is 1. The van der Waals surface area contributed by atoms with Crippen LogP contribution in [0.25, 0.3) is 0 Å². The van der Waals surface area contributed by atoms with Gasteiger partial charge < -0.3 is 15.0 Å². The monoisotopic (exact) mass is 274 g/mol. The maximum absolute atomic E-state index is 12.1. The summed E-state index contributed by atoms with van der Waals surface area (Å²) >= 11 is 0. The van der Waals surface area contributed by atoms with Crippen molar-refractivity contribution in [1.82, 2.24) is 10.2 Å². The lowest BCUT2D eigenvalue weighted by molar-refractivity contribution is -0.122. The van der Waals surface area contributed by atoms with Crippen LogP contribution in [0, 0.1) is 0 Å². The van der Waals surface area contributed by atoms with Crippen LogP contribution in [0.3, 0.4) is 0 Å². The summed E-state index contributed by atoms with van der Waals surface area (Å²) in [5, 5.41) is 3.08. The van der Waals surface area contributed by atoms with E-state index in [0.717, 1.165) is 30.9 Å².